The molecule has 0 N–H and O–H groups in total. The van der Waals surface area contributed by atoms with Crippen LogP contribution in [0.4, 0.5) is 5.69 Å². The molecule has 1 aromatic carbocycles. The van der Waals surface area contributed by atoms with Crippen LogP contribution in [0, 0.1) is 22.2 Å². The van der Waals surface area contributed by atoms with Gasteiger partial charge in [-0.2, -0.15) is 0 Å². The Labute approximate surface area is 192 Å². The van der Waals surface area contributed by atoms with Crippen LogP contribution in [0.5, 0.6) is 0 Å². The summed E-state index contributed by atoms with van der Waals surface area (Å²) in [5.41, 5.74) is 2.97. The molecule has 4 bridgehead atoms. The summed E-state index contributed by atoms with van der Waals surface area (Å²) in [5.74, 6) is 1.36. The average molecular weight is 436 g/mol. The number of hydrogen-bond donors (Lipinski definition) is 0. The molecule has 0 spiro atoms. The smallest absolute Gasteiger partial charge is 0.241 e. The molecule has 1 saturated heterocycles. The van der Waals surface area contributed by atoms with E-state index < -0.39 is 0 Å². The molecule has 2 aliphatic heterocycles. The molecule has 5 heteroatoms. The number of anilines is 1. The molecule has 4 aliphatic carbocycles. The van der Waals surface area contributed by atoms with Crippen molar-refractivity contribution in [2.45, 2.75) is 58.8 Å². The van der Waals surface area contributed by atoms with E-state index in [2.05, 4.69) is 35.8 Å². The highest BCUT2D eigenvalue weighted by Gasteiger charge is 2.63. The zero-order valence-electron chi connectivity index (χ0n) is 19.7. The van der Waals surface area contributed by atoms with E-state index in [0.717, 1.165) is 70.0 Å². The Balaban J connectivity index is 1.08. The van der Waals surface area contributed by atoms with Crippen LogP contribution >= 0.6 is 0 Å². The van der Waals surface area contributed by atoms with E-state index in [1.54, 1.807) is 0 Å². The number of para-hydroxylation sites is 1. The summed E-state index contributed by atoms with van der Waals surface area (Å²) in [6, 6.07) is 8.25. The molecule has 2 atom stereocenters. The number of fused-ring (bicyclic) bond motifs is 1. The summed E-state index contributed by atoms with van der Waals surface area (Å²) >= 11 is 0. The number of piperazine rings is 1. The molecular weight excluding hydrogens is 398 g/mol. The molecule has 5 fully saturated rings. The number of rotatable bonds is 3. The molecule has 2 unspecified atom stereocenters. The van der Waals surface area contributed by atoms with Crippen LogP contribution in [0.3, 0.4) is 0 Å². The molecule has 6 aliphatic rings. The molecule has 0 aromatic heterocycles. The van der Waals surface area contributed by atoms with Gasteiger partial charge >= 0.3 is 0 Å². The summed E-state index contributed by atoms with van der Waals surface area (Å²) in [5, 5.41) is 0. The Morgan fingerprint density at radius 1 is 0.906 bits per heavy atom. The fourth-order valence-corrected chi connectivity index (χ4v) is 9.00. The number of carbonyl (C=O) groups excluding carboxylic acids is 2. The molecule has 1 aromatic rings. The van der Waals surface area contributed by atoms with Crippen LogP contribution in [0.25, 0.3) is 0 Å². The van der Waals surface area contributed by atoms with Gasteiger partial charge < -0.3 is 9.80 Å². The first-order valence-electron chi connectivity index (χ1n) is 12.7. The lowest BCUT2D eigenvalue weighted by atomic mass is 9.40. The predicted octanol–water partition coefficient (Wildman–Crippen LogP) is 3.72. The highest BCUT2D eigenvalue weighted by molar-refractivity contribution is 5.96. The fraction of sp³-hybridized carbons (Fsp3) is 0.704. The van der Waals surface area contributed by atoms with Gasteiger partial charge in [-0.15, -0.1) is 0 Å². The van der Waals surface area contributed by atoms with Gasteiger partial charge in [0, 0.05) is 38.4 Å². The Bertz CT molecular complexity index is 932. The maximum absolute atomic E-state index is 13.8. The minimum atomic E-state index is -0.111. The Morgan fingerprint density at radius 3 is 2.28 bits per heavy atom. The molecule has 0 radical (unpaired) electrons. The van der Waals surface area contributed by atoms with Crippen molar-refractivity contribution in [2.75, 3.05) is 44.2 Å². The van der Waals surface area contributed by atoms with Crippen LogP contribution in [0.2, 0.25) is 0 Å². The van der Waals surface area contributed by atoms with Gasteiger partial charge in [-0.25, -0.2) is 0 Å². The number of benzene rings is 1. The quantitative estimate of drug-likeness (QED) is 0.727. The van der Waals surface area contributed by atoms with Gasteiger partial charge in [0.05, 0.1) is 12.0 Å². The normalized spacial score (nSPS) is 38.2. The average Bonchev–Trinajstić information content (AvgIpc) is 3.15. The molecule has 32 heavy (non-hydrogen) atoms. The second kappa shape index (κ2) is 7.06. The predicted molar refractivity (Wildman–Crippen MR) is 125 cm³/mol. The summed E-state index contributed by atoms with van der Waals surface area (Å²) in [4.78, 5) is 33.2. The lowest BCUT2D eigenvalue weighted by Crippen LogP contribution is -2.62. The zero-order chi connectivity index (χ0) is 22.1. The molecule has 2 amide bonds. The number of amides is 2. The Morgan fingerprint density at radius 2 is 1.59 bits per heavy atom. The Kier molecular flexibility index (Phi) is 4.57. The first-order valence-corrected chi connectivity index (χ1v) is 12.7. The summed E-state index contributed by atoms with van der Waals surface area (Å²) in [6.07, 6.45) is 8.21. The monoisotopic (exact) mass is 435 g/mol. The highest BCUT2D eigenvalue weighted by Crippen LogP contribution is 2.69. The standard InChI is InChI=1S/C27H37N3O2/c1-25-13-20-14-26(2,17-25)19-27(15-20,18-25)24(32)29-11-9-28(10-12-29)16-23(31)30-8-7-21-5-3-4-6-22(21)30/h3-6,20H,7-19H2,1-2H3. The van der Waals surface area contributed by atoms with Gasteiger partial charge in [0.2, 0.25) is 11.8 Å². The van der Waals surface area contributed by atoms with Crippen molar-refractivity contribution in [3.8, 4) is 0 Å². The summed E-state index contributed by atoms with van der Waals surface area (Å²) in [7, 11) is 0. The fourth-order valence-electron chi connectivity index (χ4n) is 9.00. The molecule has 172 valence electrons. The minimum Gasteiger partial charge on any atom is -0.340 e. The Hall–Kier alpha value is -1.88. The van der Waals surface area contributed by atoms with E-state index in [-0.39, 0.29) is 11.3 Å². The molecule has 4 saturated carbocycles. The van der Waals surface area contributed by atoms with Crippen LogP contribution in [-0.2, 0) is 16.0 Å². The first-order chi connectivity index (χ1) is 15.3. The third kappa shape index (κ3) is 3.30. The van der Waals surface area contributed by atoms with E-state index >= 15 is 0 Å². The van der Waals surface area contributed by atoms with Crippen LogP contribution < -0.4 is 4.90 Å². The van der Waals surface area contributed by atoms with Crippen molar-refractivity contribution in [3.63, 3.8) is 0 Å². The highest BCUT2D eigenvalue weighted by atomic mass is 16.2. The van der Waals surface area contributed by atoms with Crippen molar-refractivity contribution in [2.24, 2.45) is 22.2 Å². The van der Waals surface area contributed by atoms with Crippen LogP contribution in [-0.4, -0.2) is 60.9 Å². The summed E-state index contributed by atoms with van der Waals surface area (Å²) < 4.78 is 0. The third-order valence-electron chi connectivity index (χ3n) is 9.29. The van der Waals surface area contributed by atoms with Crippen molar-refractivity contribution >= 4 is 17.5 Å². The number of carbonyl (C=O) groups is 2. The second-order valence-electron chi connectivity index (χ2n) is 12.4. The van der Waals surface area contributed by atoms with E-state index in [9.17, 15) is 9.59 Å². The number of nitrogens with zero attached hydrogens (tertiary/aromatic N) is 3. The maximum Gasteiger partial charge on any atom is 0.241 e. The first kappa shape index (κ1) is 20.7. The van der Waals surface area contributed by atoms with E-state index in [1.165, 1.54) is 24.8 Å². The zero-order valence-corrected chi connectivity index (χ0v) is 19.7. The van der Waals surface area contributed by atoms with Crippen molar-refractivity contribution in [1.29, 1.82) is 0 Å². The molecular formula is C27H37N3O2. The number of hydrogen-bond acceptors (Lipinski definition) is 3. The van der Waals surface area contributed by atoms with Crippen LogP contribution in [0.15, 0.2) is 24.3 Å². The van der Waals surface area contributed by atoms with Crippen molar-refractivity contribution in [3.05, 3.63) is 29.8 Å². The minimum absolute atomic E-state index is 0.111. The van der Waals surface area contributed by atoms with Gasteiger partial charge in [-0.1, -0.05) is 32.0 Å². The van der Waals surface area contributed by atoms with Crippen molar-refractivity contribution < 1.29 is 9.59 Å². The van der Waals surface area contributed by atoms with Gasteiger partial charge in [0.15, 0.2) is 0 Å². The van der Waals surface area contributed by atoms with Crippen molar-refractivity contribution in [1.82, 2.24) is 9.80 Å². The maximum atomic E-state index is 13.8. The molecule has 5 nitrogen and oxygen atoms in total. The van der Waals surface area contributed by atoms with Gasteiger partial charge in [0.25, 0.3) is 0 Å². The van der Waals surface area contributed by atoms with Gasteiger partial charge in [-0.3, -0.25) is 14.5 Å². The van der Waals surface area contributed by atoms with Gasteiger partial charge in [-0.05, 0) is 73.3 Å². The van der Waals surface area contributed by atoms with Gasteiger partial charge in [0.1, 0.15) is 0 Å². The third-order valence-corrected chi connectivity index (χ3v) is 9.29. The van der Waals surface area contributed by atoms with E-state index in [1.807, 2.05) is 17.0 Å². The van der Waals surface area contributed by atoms with E-state index in [0.29, 0.717) is 23.3 Å². The van der Waals surface area contributed by atoms with E-state index in [4.69, 9.17) is 0 Å². The molecule has 7 rings (SSSR count). The van der Waals surface area contributed by atoms with Crippen LogP contribution in [0.1, 0.15) is 57.9 Å². The molecule has 2 heterocycles. The summed E-state index contributed by atoms with van der Waals surface area (Å²) in [6.45, 7) is 9.28. The second-order valence-corrected chi connectivity index (χ2v) is 12.4. The SMILES string of the molecule is CC12CC3CC(C)(C1)CC(C(=O)N1CCN(CC(=O)N4CCc5ccccc54)CC1)(C3)C2. The lowest BCUT2D eigenvalue weighted by molar-refractivity contribution is -0.180. The largest absolute Gasteiger partial charge is 0.340 e. The lowest BCUT2D eigenvalue weighted by Gasteiger charge is -2.65. The topological polar surface area (TPSA) is 43.9 Å².